The fourth-order valence-corrected chi connectivity index (χ4v) is 4.23. The molecule has 3 aliphatic rings. The predicted molar refractivity (Wildman–Crippen MR) is 97.9 cm³/mol. The molecule has 0 aromatic heterocycles. The highest BCUT2D eigenvalue weighted by Crippen LogP contribution is 2.43. The van der Waals surface area contributed by atoms with Crippen molar-refractivity contribution < 1.29 is 23.8 Å². The van der Waals surface area contributed by atoms with Gasteiger partial charge in [-0.05, 0) is 17.7 Å². The maximum absolute atomic E-state index is 13.3. The highest BCUT2D eigenvalue weighted by atomic mass is 79.9. The summed E-state index contributed by atoms with van der Waals surface area (Å²) < 4.78 is 18.8. The van der Waals surface area contributed by atoms with Crippen LogP contribution < -0.4 is 0 Å². The number of hydrogen-bond acceptors (Lipinski definition) is 7. The molecule has 1 fully saturated rings. The Morgan fingerprint density at radius 2 is 2.00 bits per heavy atom. The Morgan fingerprint density at radius 1 is 1.33 bits per heavy atom. The van der Waals surface area contributed by atoms with E-state index in [0.717, 1.165) is 5.56 Å². The van der Waals surface area contributed by atoms with E-state index in [4.69, 9.17) is 4.74 Å². The molecule has 3 aliphatic heterocycles. The number of amidine groups is 1. The number of halogens is 2. The second-order valence-corrected chi connectivity index (χ2v) is 7.85. The van der Waals surface area contributed by atoms with Crippen LogP contribution in [0, 0.1) is 5.82 Å². The van der Waals surface area contributed by atoms with Crippen molar-refractivity contribution in [3.8, 4) is 0 Å². The van der Waals surface area contributed by atoms with Gasteiger partial charge in [-0.15, -0.1) is 0 Å². The predicted octanol–water partition coefficient (Wildman–Crippen LogP) is 1.38. The third-order valence-electron chi connectivity index (χ3n) is 5.15. The molecular formula is C18H17BrFN3O4. The highest BCUT2D eigenvalue weighted by molar-refractivity contribution is 9.10. The molecule has 1 aromatic carbocycles. The lowest BCUT2D eigenvalue weighted by atomic mass is 9.77. The van der Waals surface area contributed by atoms with Crippen molar-refractivity contribution >= 4 is 33.5 Å². The van der Waals surface area contributed by atoms with E-state index in [9.17, 15) is 19.1 Å². The molecule has 142 valence electrons. The van der Waals surface area contributed by atoms with Gasteiger partial charge in [0.25, 0.3) is 0 Å². The van der Waals surface area contributed by atoms with Crippen LogP contribution in [-0.4, -0.2) is 69.7 Å². The number of likely N-dealkylation sites (tertiary alicyclic amines) is 1. The molecule has 3 unspecified atom stereocenters. The van der Waals surface area contributed by atoms with Crippen LogP contribution in [0.25, 0.3) is 0 Å². The van der Waals surface area contributed by atoms with Crippen LogP contribution in [0.5, 0.6) is 0 Å². The molecule has 4 rings (SSSR count). The Kier molecular flexibility index (Phi) is 4.03. The Morgan fingerprint density at radius 3 is 2.67 bits per heavy atom. The number of nitrogens with zero attached hydrogens (tertiary/aromatic N) is 3. The molecule has 1 spiro atoms. The summed E-state index contributed by atoms with van der Waals surface area (Å²) in [6.07, 6.45) is 0.298. The van der Waals surface area contributed by atoms with Gasteiger partial charge >= 0.3 is 5.97 Å². The molecule has 0 amide bonds. The average Bonchev–Trinajstić information content (AvgIpc) is 2.94. The molecule has 27 heavy (non-hydrogen) atoms. The molecule has 1 N–H and O–H groups in total. The van der Waals surface area contributed by atoms with E-state index in [2.05, 4.69) is 21.0 Å². The van der Waals surface area contributed by atoms with Gasteiger partial charge in [0.1, 0.15) is 11.6 Å². The molecule has 3 atom stereocenters. The van der Waals surface area contributed by atoms with E-state index in [-0.39, 0.29) is 29.5 Å². The Labute approximate surface area is 163 Å². The SMILES string of the molecule is CN1CC23OC(=O)C(Br)C(O)=C2C(=O)C(Cc2ccc(F)cc2)N(C)C3=N1. The van der Waals surface area contributed by atoms with Crippen molar-refractivity contribution in [2.24, 2.45) is 5.10 Å². The number of piperidine rings is 1. The zero-order valence-electron chi connectivity index (χ0n) is 14.6. The van der Waals surface area contributed by atoms with Crippen LogP contribution in [0.1, 0.15) is 5.56 Å². The summed E-state index contributed by atoms with van der Waals surface area (Å²) in [6.45, 7) is 0.145. The minimum atomic E-state index is -1.41. The van der Waals surface area contributed by atoms with E-state index in [1.54, 1.807) is 36.1 Å². The summed E-state index contributed by atoms with van der Waals surface area (Å²) in [5.41, 5.74) is -0.590. The lowest BCUT2D eigenvalue weighted by Gasteiger charge is -2.46. The second kappa shape index (κ2) is 6.05. The Bertz CT molecular complexity index is 900. The molecule has 1 aromatic rings. The van der Waals surface area contributed by atoms with Gasteiger partial charge in [0.15, 0.2) is 16.4 Å². The monoisotopic (exact) mass is 437 g/mol. The maximum Gasteiger partial charge on any atom is 0.328 e. The zero-order chi connectivity index (χ0) is 19.5. The number of ketones is 1. The average molecular weight is 438 g/mol. The standard InChI is InChI=1S/C18H17BrFN3O4/c1-22-8-18-12(15(25)13(19)16(26)27-18)14(24)11(23(2)17(18)21-22)7-9-3-5-10(20)6-4-9/h3-6,11,13,25H,7-8H2,1-2H3. The largest absolute Gasteiger partial charge is 0.510 e. The van der Waals surface area contributed by atoms with E-state index in [1.165, 1.54) is 12.1 Å². The highest BCUT2D eigenvalue weighted by Gasteiger charge is 2.63. The van der Waals surface area contributed by atoms with Crippen LogP contribution in [0.3, 0.4) is 0 Å². The fourth-order valence-electron chi connectivity index (χ4n) is 3.90. The van der Waals surface area contributed by atoms with Gasteiger partial charge < -0.3 is 14.7 Å². The lowest BCUT2D eigenvalue weighted by molar-refractivity contribution is -0.154. The van der Waals surface area contributed by atoms with Gasteiger partial charge in [0, 0.05) is 20.5 Å². The van der Waals surface area contributed by atoms with Gasteiger partial charge in [-0.2, -0.15) is 5.10 Å². The number of rotatable bonds is 2. The van der Waals surface area contributed by atoms with Crippen LogP contribution in [0.15, 0.2) is 40.7 Å². The van der Waals surface area contributed by atoms with E-state index < -0.39 is 22.4 Å². The molecule has 1 saturated heterocycles. The van der Waals surface area contributed by atoms with Crippen molar-refractivity contribution in [1.82, 2.24) is 9.91 Å². The van der Waals surface area contributed by atoms with Gasteiger partial charge in [-0.25, -0.2) is 4.39 Å². The molecule has 3 heterocycles. The molecule has 0 saturated carbocycles. The van der Waals surface area contributed by atoms with E-state index >= 15 is 0 Å². The summed E-state index contributed by atoms with van der Waals surface area (Å²) in [5, 5.41) is 16.6. The quantitative estimate of drug-likeness (QED) is 0.555. The van der Waals surface area contributed by atoms with Gasteiger partial charge in [-0.1, -0.05) is 28.1 Å². The second-order valence-electron chi connectivity index (χ2n) is 6.93. The minimum absolute atomic E-state index is 0.0530. The number of carbonyl (C=O) groups is 2. The number of aliphatic hydroxyl groups excluding tert-OH is 1. The van der Waals surface area contributed by atoms with Crippen LogP contribution in [0.2, 0.25) is 0 Å². The topological polar surface area (TPSA) is 82.4 Å². The summed E-state index contributed by atoms with van der Waals surface area (Å²) in [4.78, 5) is 26.1. The van der Waals surface area contributed by atoms with Gasteiger partial charge in [0.2, 0.25) is 5.60 Å². The number of benzene rings is 1. The number of likely N-dealkylation sites (N-methyl/N-ethyl adjacent to an activating group) is 2. The summed E-state index contributed by atoms with van der Waals surface area (Å²) in [6, 6.07) is 5.23. The molecule has 0 aliphatic carbocycles. The summed E-state index contributed by atoms with van der Waals surface area (Å²) >= 11 is 3.08. The normalized spacial score (nSPS) is 30.1. The van der Waals surface area contributed by atoms with Crippen LogP contribution in [-0.2, 0) is 20.7 Å². The lowest BCUT2D eigenvalue weighted by Crippen LogP contribution is -2.66. The van der Waals surface area contributed by atoms with Gasteiger partial charge in [0.05, 0.1) is 18.2 Å². The summed E-state index contributed by atoms with van der Waals surface area (Å²) in [5.74, 6) is -1.31. The molecule has 0 bridgehead atoms. The first-order valence-electron chi connectivity index (χ1n) is 8.37. The van der Waals surface area contributed by atoms with E-state index in [1.807, 2.05) is 0 Å². The number of alkyl halides is 1. The maximum atomic E-state index is 13.3. The number of aliphatic hydroxyl groups is 1. The zero-order valence-corrected chi connectivity index (χ0v) is 16.2. The molecule has 9 heteroatoms. The Hall–Kier alpha value is -2.42. The summed E-state index contributed by atoms with van der Waals surface area (Å²) in [7, 11) is 3.41. The van der Waals surface area contributed by atoms with Crippen molar-refractivity contribution in [3.63, 3.8) is 0 Å². The number of ether oxygens (including phenoxy) is 1. The third-order valence-corrected chi connectivity index (χ3v) is 5.96. The van der Waals surface area contributed by atoms with Crippen molar-refractivity contribution in [3.05, 3.63) is 47.0 Å². The number of hydrazone groups is 1. The Balaban J connectivity index is 1.81. The number of esters is 1. The smallest absolute Gasteiger partial charge is 0.328 e. The molecular weight excluding hydrogens is 421 g/mol. The number of carbonyl (C=O) groups excluding carboxylic acids is 2. The number of hydrogen-bond donors (Lipinski definition) is 1. The molecule has 7 nitrogen and oxygen atoms in total. The minimum Gasteiger partial charge on any atom is -0.510 e. The first kappa shape index (κ1) is 18.0. The van der Waals surface area contributed by atoms with Crippen molar-refractivity contribution in [2.75, 3.05) is 20.6 Å². The van der Waals surface area contributed by atoms with Crippen LogP contribution in [0.4, 0.5) is 4.39 Å². The van der Waals surface area contributed by atoms with Crippen molar-refractivity contribution in [2.45, 2.75) is 22.9 Å². The number of Topliss-reactive ketones (excluding diaryl/α,β-unsaturated/α-hetero) is 1. The van der Waals surface area contributed by atoms with E-state index in [0.29, 0.717) is 12.3 Å². The third kappa shape index (κ3) is 2.55. The van der Waals surface area contributed by atoms with Gasteiger partial charge in [-0.3, -0.25) is 14.6 Å². The molecule has 0 radical (unpaired) electrons. The first-order chi connectivity index (χ1) is 12.7. The van der Waals surface area contributed by atoms with Crippen LogP contribution >= 0.6 is 15.9 Å². The van der Waals surface area contributed by atoms with Crippen molar-refractivity contribution in [1.29, 1.82) is 0 Å². The fraction of sp³-hybridized carbons (Fsp3) is 0.389. The first-order valence-corrected chi connectivity index (χ1v) is 9.28.